The molecule has 3 aromatic carbocycles. The summed E-state index contributed by atoms with van der Waals surface area (Å²) in [5.74, 6) is -0.696. The summed E-state index contributed by atoms with van der Waals surface area (Å²) in [5, 5.41) is 2.91. The first-order valence-corrected chi connectivity index (χ1v) is 14.8. The van der Waals surface area contributed by atoms with E-state index in [0.717, 1.165) is 29.5 Å². The van der Waals surface area contributed by atoms with Crippen LogP contribution in [0.25, 0.3) is 0 Å². The van der Waals surface area contributed by atoms with Crippen LogP contribution in [0.1, 0.15) is 43.4 Å². The van der Waals surface area contributed by atoms with Gasteiger partial charge in [0.2, 0.25) is 11.8 Å². The van der Waals surface area contributed by atoms with Crippen molar-refractivity contribution in [2.24, 2.45) is 0 Å². The highest BCUT2D eigenvalue weighted by Gasteiger charge is 2.32. The van der Waals surface area contributed by atoms with Gasteiger partial charge in [-0.25, -0.2) is 8.42 Å². The van der Waals surface area contributed by atoms with E-state index in [1.165, 1.54) is 21.3 Å². The summed E-state index contributed by atoms with van der Waals surface area (Å²) >= 11 is 0. The zero-order chi connectivity index (χ0) is 28.4. The van der Waals surface area contributed by atoms with Gasteiger partial charge in [-0.05, 0) is 68.5 Å². The topological polar surface area (TPSA) is 86.8 Å². The summed E-state index contributed by atoms with van der Waals surface area (Å²) in [5.41, 5.74) is 3.07. The minimum absolute atomic E-state index is 0.0971. The number of hydrogen-bond donors (Lipinski definition) is 1. The van der Waals surface area contributed by atoms with Crippen LogP contribution in [0.2, 0.25) is 0 Å². The fraction of sp³-hybridized carbons (Fsp3) is 0.355. The minimum Gasteiger partial charge on any atom is -0.354 e. The van der Waals surface area contributed by atoms with Crippen LogP contribution >= 0.6 is 0 Å². The molecular weight excluding hydrogens is 510 g/mol. The third-order valence-electron chi connectivity index (χ3n) is 6.72. The maximum atomic E-state index is 13.9. The lowest BCUT2D eigenvalue weighted by Gasteiger charge is -2.32. The lowest BCUT2D eigenvalue weighted by Crippen LogP contribution is -2.52. The molecule has 7 nitrogen and oxygen atoms in total. The zero-order valence-corrected chi connectivity index (χ0v) is 24.1. The molecule has 3 rings (SSSR count). The van der Waals surface area contributed by atoms with Crippen molar-refractivity contribution < 1.29 is 18.0 Å². The van der Waals surface area contributed by atoms with Gasteiger partial charge in [-0.2, -0.15) is 0 Å². The standard InChI is InChI=1S/C31H39N3O4S/c1-5-6-20-32-31(36)26(4)33(21-19-27-13-9-7-10-14-27)30(35)23-34(29-22-24(2)17-18-25(29)3)39(37,38)28-15-11-8-12-16-28/h7-18,22,26H,5-6,19-21,23H2,1-4H3,(H,32,36). The molecule has 1 unspecified atom stereocenters. The van der Waals surface area contributed by atoms with Crippen LogP contribution in [0.3, 0.4) is 0 Å². The van der Waals surface area contributed by atoms with Gasteiger partial charge in [0.05, 0.1) is 10.6 Å². The lowest BCUT2D eigenvalue weighted by molar-refractivity contribution is -0.138. The number of anilines is 1. The summed E-state index contributed by atoms with van der Waals surface area (Å²) in [4.78, 5) is 28.5. The Hall–Kier alpha value is -3.65. The van der Waals surface area contributed by atoms with E-state index in [4.69, 9.17) is 0 Å². The number of hydrogen-bond acceptors (Lipinski definition) is 4. The van der Waals surface area contributed by atoms with E-state index >= 15 is 0 Å². The Labute approximate surface area is 232 Å². The summed E-state index contributed by atoms with van der Waals surface area (Å²) < 4.78 is 28.9. The number of unbranched alkanes of at least 4 members (excludes halogenated alkanes) is 1. The van der Waals surface area contributed by atoms with E-state index in [0.29, 0.717) is 18.7 Å². The van der Waals surface area contributed by atoms with Crippen molar-refractivity contribution in [3.05, 3.63) is 95.6 Å². The molecule has 0 aliphatic heterocycles. The van der Waals surface area contributed by atoms with Gasteiger partial charge in [0.15, 0.2) is 0 Å². The molecule has 0 saturated heterocycles. The second-order valence-electron chi connectivity index (χ2n) is 9.76. The summed E-state index contributed by atoms with van der Waals surface area (Å²) in [7, 11) is -4.07. The molecule has 0 bridgehead atoms. The third kappa shape index (κ3) is 7.93. The van der Waals surface area contributed by atoms with Gasteiger partial charge < -0.3 is 10.2 Å². The summed E-state index contributed by atoms with van der Waals surface area (Å²) in [6.07, 6.45) is 2.31. The third-order valence-corrected chi connectivity index (χ3v) is 8.50. The number of carbonyl (C=O) groups excluding carboxylic acids is 2. The molecule has 0 aliphatic carbocycles. The summed E-state index contributed by atoms with van der Waals surface area (Å²) in [6.45, 7) is 7.81. The number of rotatable bonds is 13. The Morgan fingerprint density at radius 1 is 0.923 bits per heavy atom. The van der Waals surface area contributed by atoms with Crippen molar-refractivity contribution in [2.75, 3.05) is 23.9 Å². The molecule has 0 radical (unpaired) electrons. The molecule has 8 heteroatoms. The van der Waals surface area contributed by atoms with Crippen molar-refractivity contribution in [1.82, 2.24) is 10.2 Å². The largest absolute Gasteiger partial charge is 0.354 e. The SMILES string of the molecule is CCCCNC(=O)C(C)N(CCc1ccccc1)C(=O)CN(c1cc(C)ccc1C)S(=O)(=O)c1ccccc1. The fourth-order valence-corrected chi connectivity index (χ4v) is 5.82. The van der Waals surface area contributed by atoms with Gasteiger partial charge in [-0.1, -0.05) is 74.0 Å². The van der Waals surface area contributed by atoms with Gasteiger partial charge in [-0.3, -0.25) is 13.9 Å². The van der Waals surface area contributed by atoms with Crippen molar-refractivity contribution in [3.8, 4) is 0 Å². The fourth-order valence-electron chi connectivity index (χ4n) is 4.33. The monoisotopic (exact) mass is 549 g/mol. The first-order chi connectivity index (χ1) is 18.6. The molecule has 0 heterocycles. The number of aryl methyl sites for hydroxylation is 2. The Morgan fingerprint density at radius 2 is 1.56 bits per heavy atom. The van der Waals surface area contributed by atoms with Crippen molar-refractivity contribution >= 4 is 27.5 Å². The Balaban J connectivity index is 1.97. The van der Waals surface area contributed by atoms with Gasteiger partial charge in [0, 0.05) is 13.1 Å². The van der Waals surface area contributed by atoms with E-state index in [9.17, 15) is 18.0 Å². The number of amides is 2. The van der Waals surface area contributed by atoms with Crippen molar-refractivity contribution in [1.29, 1.82) is 0 Å². The molecule has 208 valence electrons. The van der Waals surface area contributed by atoms with Crippen molar-refractivity contribution in [2.45, 2.75) is 57.9 Å². The molecule has 39 heavy (non-hydrogen) atoms. The highest BCUT2D eigenvalue weighted by molar-refractivity contribution is 7.92. The molecular formula is C31H39N3O4S. The molecule has 0 fully saturated rings. The second-order valence-corrected chi connectivity index (χ2v) is 11.6. The quantitative estimate of drug-likeness (QED) is 0.308. The molecule has 1 atom stereocenters. The van der Waals surface area contributed by atoms with E-state index < -0.39 is 28.5 Å². The first-order valence-electron chi connectivity index (χ1n) is 13.4. The van der Waals surface area contributed by atoms with Crippen LogP contribution < -0.4 is 9.62 Å². The Bertz CT molecular complexity index is 1340. The highest BCUT2D eigenvalue weighted by atomic mass is 32.2. The molecule has 0 aromatic heterocycles. The molecule has 0 spiro atoms. The number of nitrogens with zero attached hydrogens (tertiary/aromatic N) is 2. The number of benzene rings is 3. The van der Waals surface area contributed by atoms with E-state index in [2.05, 4.69) is 5.32 Å². The van der Waals surface area contributed by atoms with E-state index in [-0.39, 0.29) is 17.3 Å². The minimum atomic E-state index is -4.07. The van der Waals surface area contributed by atoms with E-state index in [1.54, 1.807) is 31.2 Å². The summed E-state index contributed by atoms with van der Waals surface area (Å²) in [6, 6.07) is 22.6. The van der Waals surface area contributed by atoms with Gasteiger partial charge in [-0.15, -0.1) is 0 Å². The first kappa shape index (κ1) is 29.9. The lowest BCUT2D eigenvalue weighted by atomic mass is 10.1. The molecule has 3 aromatic rings. The van der Waals surface area contributed by atoms with Crippen LogP contribution in [0, 0.1) is 13.8 Å². The molecule has 2 amide bonds. The Morgan fingerprint density at radius 3 is 2.21 bits per heavy atom. The molecule has 0 aliphatic rings. The molecule has 0 saturated carbocycles. The maximum Gasteiger partial charge on any atom is 0.264 e. The maximum absolute atomic E-state index is 13.9. The highest BCUT2D eigenvalue weighted by Crippen LogP contribution is 2.28. The predicted octanol–water partition coefficient (Wildman–Crippen LogP) is 4.87. The number of nitrogens with one attached hydrogen (secondary N) is 1. The van der Waals surface area contributed by atoms with Crippen LogP contribution in [0.15, 0.2) is 83.8 Å². The molecule has 1 N–H and O–H groups in total. The van der Waals surface area contributed by atoms with Gasteiger partial charge in [0.25, 0.3) is 10.0 Å². The average molecular weight is 550 g/mol. The van der Waals surface area contributed by atoms with Crippen LogP contribution in [-0.4, -0.2) is 50.8 Å². The average Bonchev–Trinajstić information content (AvgIpc) is 2.94. The zero-order valence-electron chi connectivity index (χ0n) is 23.3. The number of carbonyl (C=O) groups is 2. The Kier molecular flexibility index (Phi) is 10.7. The second kappa shape index (κ2) is 13.9. The van der Waals surface area contributed by atoms with Crippen LogP contribution in [0.5, 0.6) is 0 Å². The van der Waals surface area contributed by atoms with Crippen LogP contribution in [0.4, 0.5) is 5.69 Å². The van der Waals surface area contributed by atoms with Gasteiger partial charge >= 0.3 is 0 Å². The smallest absolute Gasteiger partial charge is 0.264 e. The predicted molar refractivity (Wildman–Crippen MR) is 156 cm³/mol. The normalized spacial score (nSPS) is 12.0. The van der Waals surface area contributed by atoms with Crippen LogP contribution in [-0.2, 0) is 26.0 Å². The number of sulfonamides is 1. The van der Waals surface area contributed by atoms with E-state index in [1.807, 2.05) is 63.2 Å². The van der Waals surface area contributed by atoms with Gasteiger partial charge in [0.1, 0.15) is 12.6 Å². The van der Waals surface area contributed by atoms with Crippen molar-refractivity contribution in [3.63, 3.8) is 0 Å².